The Morgan fingerprint density at radius 2 is 2.21 bits per heavy atom. The summed E-state index contributed by atoms with van der Waals surface area (Å²) in [6.07, 6.45) is 5.87. The smallest absolute Gasteiger partial charge is 0.191 e. The number of nitrogens with zero attached hydrogens (tertiary/aromatic N) is 5. The molecule has 0 bridgehead atoms. The fourth-order valence-electron chi connectivity index (χ4n) is 2.16. The minimum atomic E-state index is 0.788. The van der Waals surface area contributed by atoms with Crippen LogP contribution >= 0.6 is 11.8 Å². The molecule has 2 aromatic heterocycles. The van der Waals surface area contributed by atoms with Crippen LogP contribution in [0.2, 0.25) is 0 Å². The van der Waals surface area contributed by atoms with Crippen LogP contribution < -0.4 is 10.2 Å². The summed E-state index contributed by atoms with van der Waals surface area (Å²) in [6, 6.07) is 1.98. The molecule has 3 heterocycles. The second-order valence-corrected chi connectivity index (χ2v) is 5.08. The minimum absolute atomic E-state index is 0.788. The Bertz CT molecular complexity index is 559. The Hall–Kier alpha value is -1.76. The first-order chi connectivity index (χ1) is 9.30. The van der Waals surface area contributed by atoms with E-state index in [2.05, 4.69) is 29.7 Å². The summed E-state index contributed by atoms with van der Waals surface area (Å²) in [7, 11) is 1.87. The standard InChI is InChI=1S/C12H16N6S/c1-13-9-7-10(16-12(15-9)19-2)18-6-5-17-4-3-14-11(17)8-18/h3-4,7H,5-6,8H2,1-2H3,(H,13,15,16). The quantitative estimate of drug-likeness (QED) is 0.676. The molecule has 19 heavy (non-hydrogen) atoms. The number of hydrogen-bond acceptors (Lipinski definition) is 6. The van der Waals surface area contributed by atoms with Crippen LogP contribution in [0.25, 0.3) is 0 Å². The molecular formula is C12H16N6S. The number of nitrogens with one attached hydrogen (secondary N) is 1. The van der Waals surface area contributed by atoms with Crippen molar-refractivity contribution in [2.24, 2.45) is 0 Å². The van der Waals surface area contributed by atoms with Crippen LogP contribution in [0.1, 0.15) is 5.82 Å². The summed E-state index contributed by atoms with van der Waals surface area (Å²) in [6.45, 7) is 2.68. The molecule has 0 atom stereocenters. The Morgan fingerprint density at radius 1 is 1.32 bits per heavy atom. The van der Waals surface area contributed by atoms with Gasteiger partial charge in [0.15, 0.2) is 5.16 Å². The number of rotatable bonds is 3. The Morgan fingerprint density at radius 3 is 3.00 bits per heavy atom. The van der Waals surface area contributed by atoms with E-state index in [9.17, 15) is 0 Å². The lowest BCUT2D eigenvalue weighted by Crippen LogP contribution is -2.34. The Balaban J connectivity index is 1.90. The molecule has 6 nitrogen and oxygen atoms in total. The van der Waals surface area contributed by atoms with Crippen molar-refractivity contribution in [1.29, 1.82) is 0 Å². The molecule has 3 rings (SSSR count). The zero-order valence-corrected chi connectivity index (χ0v) is 11.8. The van der Waals surface area contributed by atoms with Gasteiger partial charge in [-0.15, -0.1) is 0 Å². The average molecular weight is 276 g/mol. The molecule has 0 aromatic carbocycles. The SMILES string of the molecule is CNc1cc(N2CCn3ccnc3C2)nc(SC)n1. The molecule has 0 radical (unpaired) electrons. The molecule has 2 aromatic rings. The van der Waals surface area contributed by atoms with Gasteiger partial charge in [-0.1, -0.05) is 11.8 Å². The molecular weight excluding hydrogens is 260 g/mol. The Labute approximate surface area is 116 Å². The zero-order valence-electron chi connectivity index (χ0n) is 11.0. The second kappa shape index (κ2) is 5.08. The highest BCUT2D eigenvalue weighted by Crippen LogP contribution is 2.23. The van der Waals surface area contributed by atoms with E-state index in [-0.39, 0.29) is 0 Å². The van der Waals surface area contributed by atoms with Crippen molar-refractivity contribution in [3.8, 4) is 0 Å². The van der Waals surface area contributed by atoms with Gasteiger partial charge in [-0.25, -0.2) is 15.0 Å². The lowest BCUT2D eigenvalue weighted by molar-refractivity contribution is 0.554. The van der Waals surface area contributed by atoms with Gasteiger partial charge >= 0.3 is 0 Å². The maximum Gasteiger partial charge on any atom is 0.191 e. The summed E-state index contributed by atoms with van der Waals surface area (Å²) >= 11 is 1.55. The maximum atomic E-state index is 4.58. The molecule has 1 N–H and O–H groups in total. The third-order valence-electron chi connectivity index (χ3n) is 3.20. The predicted molar refractivity (Wildman–Crippen MR) is 76.6 cm³/mol. The van der Waals surface area contributed by atoms with Crippen molar-refractivity contribution >= 4 is 23.4 Å². The van der Waals surface area contributed by atoms with Gasteiger partial charge in [0, 0.05) is 38.6 Å². The van der Waals surface area contributed by atoms with Crippen molar-refractivity contribution in [1.82, 2.24) is 19.5 Å². The molecule has 7 heteroatoms. The number of fused-ring (bicyclic) bond motifs is 1. The van der Waals surface area contributed by atoms with E-state index in [1.807, 2.05) is 31.8 Å². The molecule has 0 fully saturated rings. The highest BCUT2D eigenvalue weighted by molar-refractivity contribution is 7.98. The molecule has 0 amide bonds. The summed E-state index contributed by atoms with van der Waals surface area (Å²) in [5.41, 5.74) is 0. The molecule has 1 aliphatic heterocycles. The van der Waals surface area contributed by atoms with Crippen LogP contribution in [0.3, 0.4) is 0 Å². The summed E-state index contributed by atoms with van der Waals surface area (Å²) < 4.78 is 2.19. The predicted octanol–water partition coefficient (Wildman–Crippen LogP) is 1.46. The molecule has 0 spiro atoms. The van der Waals surface area contributed by atoms with E-state index in [0.717, 1.165) is 42.3 Å². The number of thioether (sulfide) groups is 1. The first kappa shape index (κ1) is 12.3. The first-order valence-electron chi connectivity index (χ1n) is 6.16. The third-order valence-corrected chi connectivity index (χ3v) is 3.75. The van der Waals surface area contributed by atoms with Crippen LogP contribution in [0, 0.1) is 0 Å². The number of imidazole rings is 1. The van der Waals surface area contributed by atoms with E-state index in [0.29, 0.717) is 0 Å². The lowest BCUT2D eigenvalue weighted by Gasteiger charge is -2.28. The molecule has 0 unspecified atom stereocenters. The highest BCUT2D eigenvalue weighted by Gasteiger charge is 2.19. The van der Waals surface area contributed by atoms with Crippen LogP contribution in [0.4, 0.5) is 11.6 Å². The van der Waals surface area contributed by atoms with E-state index in [1.54, 1.807) is 11.8 Å². The normalized spacial score (nSPS) is 14.3. The lowest BCUT2D eigenvalue weighted by atomic mass is 10.3. The summed E-state index contributed by atoms with van der Waals surface area (Å²) in [5, 5.41) is 3.87. The topological polar surface area (TPSA) is 58.9 Å². The van der Waals surface area contributed by atoms with E-state index in [1.165, 1.54) is 0 Å². The summed E-state index contributed by atoms with van der Waals surface area (Å²) in [4.78, 5) is 15.6. The van der Waals surface area contributed by atoms with Crippen molar-refractivity contribution in [2.45, 2.75) is 18.2 Å². The maximum absolute atomic E-state index is 4.58. The monoisotopic (exact) mass is 276 g/mol. The second-order valence-electron chi connectivity index (χ2n) is 4.31. The fourth-order valence-corrected chi connectivity index (χ4v) is 2.54. The van der Waals surface area contributed by atoms with Crippen LogP contribution in [-0.4, -0.2) is 39.4 Å². The summed E-state index contributed by atoms with van der Waals surface area (Å²) in [5.74, 6) is 2.89. The van der Waals surface area contributed by atoms with Crippen molar-refractivity contribution < 1.29 is 0 Å². The van der Waals surface area contributed by atoms with Crippen molar-refractivity contribution in [2.75, 3.05) is 30.1 Å². The van der Waals surface area contributed by atoms with E-state index < -0.39 is 0 Å². The van der Waals surface area contributed by atoms with Gasteiger partial charge in [-0.3, -0.25) is 0 Å². The van der Waals surface area contributed by atoms with Crippen molar-refractivity contribution in [3.05, 3.63) is 24.3 Å². The van der Waals surface area contributed by atoms with Gasteiger partial charge in [0.25, 0.3) is 0 Å². The van der Waals surface area contributed by atoms with Gasteiger partial charge in [0.05, 0.1) is 6.54 Å². The first-order valence-corrected chi connectivity index (χ1v) is 7.38. The van der Waals surface area contributed by atoms with Gasteiger partial charge in [0.1, 0.15) is 17.5 Å². The Kier molecular flexibility index (Phi) is 3.29. The number of anilines is 2. The molecule has 0 aliphatic carbocycles. The fraction of sp³-hybridized carbons (Fsp3) is 0.417. The minimum Gasteiger partial charge on any atom is -0.373 e. The molecule has 1 aliphatic rings. The largest absolute Gasteiger partial charge is 0.373 e. The average Bonchev–Trinajstić information content (AvgIpc) is 2.94. The van der Waals surface area contributed by atoms with Crippen LogP contribution in [0.15, 0.2) is 23.6 Å². The van der Waals surface area contributed by atoms with Gasteiger partial charge in [-0.2, -0.15) is 0 Å². The highest BCUT2D eigenvalue weighted by atomic mass is 32.2. The molecule has 0 saturated carbocycles. The van der Waals surface area contributed by atoms with Gasteiger partial charge in [-0.05, 0) is 6.26 Å². The van der Waals surface area contributed by atoms with Gasteiger partial charge < -0.3 is 14.8 Å². The van der Waals surface area contributed by atoms with Crippen LogP contribution in [0.5, 0.6) is 0 Å². The molecule has 100 valence electrons. The van der Waals surface area contributed by atoms with Crippen molar-refractivity contribution in [3.63, 3.8) is 0 Å². The number of aromatic nitrogens is 4. The van der Waals surface area contributed by atoms with E-state index in [4.69, 9.17) is 0 Å². The van der Waals surface area contributed by atoms with Crippen LogP contribution in [-0.2, 0) is 13.1 Å². The third kappa shape index (κ3) is 2.37. The van der Waals surface area contributed by atoms with Gasteiger partial charge in [0.2, 0.25) is 0 Å². The molecule has 0 saturated heterocycles. The zero-order chi connectivity index (χ0) is 13.2. The van der Waals surface area contributed by atoms with E-state index >= 15 is 0 Å². The number of hydrogen-bond donors (Lipinski definition) is 1.